The summed E-state index contributed by atoms with van der Waals surface area (Å²) in [5.41, 5.74) is 0.551. The van der Waals surface area contributed by atoms with E-state index in [0.29, 0.717) is 24.3 Å². The number of amides is 1. The fourth-order valence-electron chi connectivity index (χ4n) is 2.63. The minimum Gasteiger partial charge on any atom is -0.444 e. The van der Waals surface area contributed by atoms with Gasteiger partial charge < -0.3 is 9.64 Å². The van der Waals surface area contributed by atoms with E-state index in [4.69, 9.17) is 16.3 Å². The van der Waals surface area contributed by atoms with Gasteiger partial charge in [-0.15, -0.1) is 5.10 Å². The summed E-state index contributed by atoms with van der Waals surface area (Å²) in [6.07, 6.45) is 2.84. The van der Waals surface area contributed by atoms with Crippen LogP contribution in [0.4, 0.5) is 4.79 Å². The zero-order valence-corrected chi connectivity index (χ0v) is 14.1. The number of hydrogen-bond donors (Lipinski definition) is 0. The number of carbonyl (C=O) groups is 1. The first-order chi connectivity index (χ1) is 10.8. The van der Waals surface area contributed by atoms with E-state index in [9.17, 15) is 4.79 Å². The van der Waals surface area contributed by atoms with Crippen molar-refractivity contribution in [1.29, 1.82) is 0 Å². The molecule has 1 amide bonds. The minimum absolute atomic E-state index is 0.00719. The molecule has 1 saturated heterocycles. The summed E-state index contributed by atoms with van der Waals surface area (Å²) in [7, 11) is 0. The zero-order chi connectivity index (χ0) is 16.6. The third-order valence-corrected chi connectivity index (χ3v) is 3.89. The maximum absolute atomic E-state index is 12.3. The number of ether oxygens (including phenoxy) is 1. The summed E-state index contributed by atoms with van der Waals surface area (Å²) < 4.78 is 7.17. The highest BCUT2D eigenvalue weighted by Crippen LogP contribution is 2.26. The topological polar surface area (TPSA) is 86.0 Å². The van der Waals surface area contributed by atoms with Gasteiger partial charge in [-0.2, -0.15) is 0 Å². The van der Waals surface area contributed by atoms with Gasteiger partial charge in [0.15, 0.2) is 16.3 Å². The number of nitrogens with zero attached hydrogens (tertiary/aromatic N) is 6. The van der Waals surface area contributed by atoms with Crippen LogP contribution >= 0.6 is 11.6 Å². The number of fused-ring (bicyclic) bond motifs is 1. The van der Waals surface area contributed by atoms with Crippen LogP contribution in [-0.4, -0.2) is 54.6 Å². The van der Waals surface area contributed by atoms with E-state index < -0.39 is 5.60 Å². The normalized spacial score (nSPS) is 19.1. The number of hydrogen-bond acceptors (Lipinski definition) is 6. The molecule has 0 bridgehead atoms. The number of piperidine rings is 1. The molecule has 0 spiro atoms. The Balaban J connectivity index is 1.80. The highest BCUT2D eigenvalue weighted by Gasteiger charge is 2.30. The largest absolute Gasteiger partial charge is 0.444 e. The molecule has 8 nitrogen and oxygen atoms in total. The Bertz CT molecular complexity index is 726. The molecule has 0 radical (unpaired) electrons. The van der Waals surface area contributed by atoms with Gasteiger partial charge in [0.1, 0.15) is 11.9 Å². The molecule has 0 aliphatic carbocycles. The van der Waals surface area contributed by atoms with Gasteiger partial charge in [0, 0.05) is 13.1 Å². The molecular formula is C14H19ClN6O2. The summed E-state index contributed by atoms with van der Waals surface area (Å²) in [5.74, 6) is 0. The van der Waals surface area contributed by atoms with E-state index in [1.807, 2.05) is 20.8 Å². The van der Waals surface area contributed by atoms with Crippen molar-refractivity contribution >= 4 is 28.9 Å². The zero-order valence-electron chi connectivity index (χ0n) is 13.4. The fraction of sp³-hybridized carbons (Fsp3) is 0.643. The average Bonchev–Trinajstić information content (AvgIpc) is 2.91. The van der Waals surface area contributed by atoms with E-state index >= 15 is 0 Å². The highest BCUT2D eigenvalue weighted by atomic mass is 35.5. The molecular weight excluding hydrogens is 320 g/mol. The summed E-state index contributed by atoms with van der Waals surface area (Å²) >= 11 is 6.01. The Morgan fingerprint density at radius 2 is 2.17 bits per heavy atom. The first kappa shape index (κ1) is 15.9. The van der Waals surface area contributed by atoms with Crippen molar-refractivity contribution in [1.82, 2.24) is 29.9 Å². The molecule has 1 aliphatic rings. The van der Waals surface area contributed by atoms with Crippen LogP contribution in [0.3, 0.4) is 0 Å². The van der Waals surface area contributed by atoms with Crippen LogP contribution in [0.15, 0.2) is 6.33 Å². The van der Waals surface area contributed by atoms with Gasteiger partial charge in [-0.25, -0.2) is 19.4 Å². The highest BCUT2D eigenvalue weighted by molar-refractivity contribution is 6.33. The Morgan fingerprint density at radius 1 is 1.39 bits per heavy atom. The van der Waals surface area contributed by atoms with Crippen molar-refractivity contribution in [2.75, 3.05) is 13.1 Å². The monoisotopic (exact) mass is 338 g/mol. The molecule has 1 aliphatic heterocycles. The average molecular weight is 339 g/mol. The number of halogens is 1. The van der Waals surface area contributed by atoms with Crippen molar-refractivity contribution in [3.05, 3.63) is 11.5 Å². The lowest BCUT2D eigenvalue weighted by atomic mass is 10.1. The molecule has 124 valence electrons. The smallest absolute Gasteiger partial charge is 0.410 e. The molecule has 3 heterocycles. The van der Waals surface area contributed by atoms with Crippen LogP contribution in [0.1, 0.15) is 39.7 Å². The fourth-order valence-corrected chi connectivity index (χ4v) is 2.80. The van der Waals surface area contributed by atoms with E-state index in [1.54, 1.807) is 9.58 Å². The van der Waals surface area contributed by atoms with Crippen molar-refractivity contribution in [2.45, 2.75) is 45.3 Å². The van der Waals surface area contributed by atoms with Gasteiger partial charge in [0.05, 0.1) is 6.04 Å². The third kappa shape index (κ3) is 3.36. The van der Waals surface area contributed by atoms with Gasteiger partial charge in [-0.3, -0.25) is 0 Å². The van der Waals surface area contributed by atoms with E-state index in [2.05, 4.69) is 20.3 Å². The van der Waals surface area contributed by atoms with Crippen LogP contribution in [-0.2, 0) is 4.74 Å². The van der Waals surface area contributed by atoms with E-state index in [1.165, 1.54) is 6.33 Å². The first-order valence-electron chi connectivity index (χ1n) is 7.54. The molecule has 23 heavy (non-hydrogen) atoms. The molecule has 0 N–H and O–H groups in total. The molecule has 0 unspecified atom stereocenters. The van der Waals surface area contributed by atoms with Crippen molar-refractivity contribution in [3.63, 3.8) is 0 Å². The van der Waals surface area contributed by atoms with Crippen LogP contribution in [0, 0.1) is 0 Å². The maximum Gasteiger partial charge on any atom is 0.410 e. The standard InChI is InChI=1S/C14H19ClN6O2/c1-14(2,3)23-13(22)20-6-4-5-9(7-20)21-12-10(18-19-21)11(15)16-8-17-12/h8-9H,4-7H2,1-3H3/t9-/m1/s1. The predicted octanol–water partition coefficient (Wildman–Crippen LogP) is 2.45. The van der Waals surface area contributed by atoms with Crippen LogP contribution in [0.2, 0.25) is 5.15 Å². The van der Waals surface area contributed by atoms with Gasteiger partial charge >= 0.3 is 6.09 Å². The third-order valence-electron chi connectivity index (χ3n) is 3.61. The molecule has 0 aromatic carbocycles. The van der Waals surface area contributed by atoms with E-state index in [0.717, 1.165) is 12.8 Å². The SMILES string of the molecule is CC(C)(C)OC(=O)N1CCC[C@@H](n2nnc3c(Cl)ncnc32)C1. The van der Waals surface area contributed by atoms with Gasteiger partial charge in [-0.05, 0) is 33.6 Å². The number of rotatable bonds is 1. The van der Waals surface area contributed by atoms with Crippen molar-refractivity contribution in [3.8, 4) is 0 Å². The van der Waals surface area contributed by atoms with Crippen LogP contribution < -0.4 is 0 Å². The van der Waals surface area contributed by atoms with Gasteiger partial charge in [0.25, 0.3) is 0 Å². The maximum atomic E-state index is 12.3. The lowest BCUT2D eigenvalue weighted by molar-refractivity contribution is 0.0168. The Hall–Kier alpha value is -1.96. The quantitative estimate of drug-likeness (QED) is 0.742. The second kappa shape index (κ2) is 5.92. The molecule has 2 aromatic heterocycles. The summed E-state index contributed by atoms with van der Waals surface area (Å²) in [4.78, 5) is 22.1. The molecule has 1 fully saturated rings. The molecule has 2 aromatic rings. The summed E-state index contributed by atoms with van der Waals surface area (Å²) in [5, 5.41) is 8.47. The van der Waals surface area contributed by atoms with Crippen molar-refractivity contribution in [2.24, 2.45) is 0 Å². The molecule has 1 atom stereocenters. The number of carbonyl (C=O) groups excluding carboxylic acids is 1. The number of aromatic nitrogens is 5. The second-order valence-corrected chi connectivity index (χ2v) is 6.95. The Labute approximate surface area is 138 Å². The van der Waals surface area contributed by atoms with Crippen LogP contribution in [0.25, 0.3) is 11.2 Å². The second-order valence-electron chi connectivity index (χ2n) is 6.59. The van der Waals surface area contributed by atoms with Crippen molar-refractivity contribution < 1.29 is 9.53 Å². The Kier molecular flexibility index (Phi) is 4.09. The lowest BCUT2D eigenvalue weighted by Gasteiger charge is -2.33. The van der Waals surface area contributed by atoms with Gasteiger partial charge in [-0.1, -0.05) is 16.8 Å². The summed E-state index contributed by atoms with van der Waals surface area (Å²) in [6.45, 7) is 6.76. The predicted molar refractivity (Wildman–Crippen MR) is 84.2 cm³/mol. The minimum atomic E-state index is -0.509. The van der Waals surface area contributed by atoms with Crippen LogP contribution in [0.5, 0.6) is 0 Å². The molecule has 3 rings (SSSR count). The first-order valence-corrected chi connectivity index (χ1v) is 7.92. The lowest BCUT2D eigenvalue weighted by Crippen LogP contribution is -2.43. The molecule has 9 heteroatoms. The van der Waals surface area contributed by atoms with E-state index in [-0.39, 0.29) is 17.3 Å². The molecule has 0 saturated carbocycles. The number of likely N-dealkylation sites (tertiary alicyclic amines) is 1. The van der Waals surface area contributed by atoms with Gasteiger partial charge in [0.2, 0.25) is 0 Å². The Morgan fingerprint density at radius 3 is 2.91 bits per heavy atom. The summed E-state index contributed by atoms with van der Waals surface area (Å²) in [6, 6.07) is -0.00719.